The molecule has 0 radical (unpaired) electrons. The van der Waals surface area contributed by atoms with Crippen LogP contribution in [-0.4, -0.2) is 14.2 Å². The topological polar surface area (TPSA) is 18.5 Å². The molecule has 24 heavy (non-hydrogen) atoms. The lowest BCUT2D eigenvalue weighted by atomic mass is 9.93. The second-order valence-electron chi connectivity index (χ2n) is 5.77. The van der Waals surface area contributed by atoms with E-state index in [1.54, 1.807) is 20.5 Å². The van der Waals surface area contributed by atoms with Crippen molar-refractivity contribution in [3.63, 3.8) is 0 Å². The number of methoxy groups -OCH3 is 2. The summed E-state index contributed by atoms with van der Waals surface area (Å²) in [7, 11) is 3.38. The summed E-state index contributed by atoms with van der Waals surface area (Å²) in [4.78, 5) is 0. The standard InChI is InChI=1S/C22H18O2/c1-23-13-12-16-14-15-6-3-4-7-17(15)20-11-10-18-19(22(16)20)8-5-9-21(18)24-2/h3-14H,1-2H3/b13-12+. The number of hydrogen-bond acceptors (Lipinski definition) is 2. The molecule has 0 aromatic heterocycles. The van der Waals surface area contributed by atoms with Gasteiger partial charge in [-0.25, -0.2) is 0 Å². The van der Waals surface area contributed by atoms with Crippen molar-refractivity contribution in [3.05, 3.63) is 72.5 Å². The molecule has 4 aromatic rings. The van der Waals surface area contributed by atoms with Crippen LogP contribution < -0.4 is 4.74 Å². The lowest BCUT2D eigenvalue weighted by molar-refractivity contribution is 0.341. The number of rotatable bonds is 3. The largest absolute Gasteiger partial charge is 0.504 e. The Morgan fingerprint density at radius 1 is 0.750 bits per heavy atom. The second-order valence-corrected chi connectivity index (χ2v) is 5.77. The predicted molar refractivity (Wildman–Crippen MR) is 102 cm³/mol. The Kier molecular flexibility index (Phi) is 3.58. The Bertz CT molecular complexity index is 1080. The molecule has 0 N–H and O–H groups in total. The number of hydrogen-bond donors (Lipinski definition) is 0. The van der Waals surface area contributed by atoms with Crippen LogP contribution >= 0.6 is 0 Å². The van der Waals surface area contributed by atoms with Crippen molar-refractivity contribution in [2.24, 2.45) is 0 Å². The minimum absolute atomic E-state index is 0.893. The van der Waals surface area contributed by atoms with Crippen molar-refractivity contribution in [2.75, 3.05) is 14.2 Å². The van der Waals surface area contributed by atoms with Gasteiger partial charge in [0, 0.05) is 5.39 Å². The van der Waals surface area contributed by atoms with E-state index in [9.17, 15) is 0 Å². The summed E-state index contributed by atoms with van der Waals surface area (Å²) >= 11 is 0. The van der Waals surface area contributed by atoms with E-state index in [1.165, 1.54) is 26.9 Å². The minimum atomic E-state index is 0.893. The summed E-state index contributed by atoms with van der Waals surface area (Å²) in [5, 5.41) is 7.25. The Balaban J connectivity index is 2.23. The van der Waals surface area contributed by atoms with Crippen molar-refractivity contribution < 1.29 is 9.47 Å². The van der Waals surface area contributed by atoms with Crippen molar-refractivity contribution >= 4 is 38.4 Å². The fourth-order valence-electron chi connectivity index (χ4n) is 3.42. The SMILES string of the molecule is CO/C=C/c1cc2ccccc2c2ccc3c(OC)cccc3c12. The smallest absolute Gasteiger partial charge is 0.126 e. The molecule has 0 fully saturated rings. The van der Waals surface area contributed by atoms with E-state index in [1.807, 2.05) is 18.2 Å². The van der Waals surface area contributed by atoms with Crippen molar-refractivity contribution in [3.8, 4) is 5.75 Å². The van der Waals surface area contributed by atoms with Gasteiger partial charge in [-0.3, -0.25) is 0 Å². The molecular weight excluding hydrogens is 296 g/mol. The van der Waals surface area contributed by atoms with Gasteiger partial charge in [0.2, 0.25) is 0 Å². The summed E-state index contributed by atoms with van der Waals surface area (Å²) in [5.41, 5.74) is 1.14. The van der Waals surface area contributed by atoms with E-state index in [0.717, 1.165) is 16.7 Å². The first kappa shape index (κ1) is 14.6. The molecule has 0 amide bonds. The predicted octanol–water partition coefficient (Wildman–Crippen LogP) is 5.77. The van der Waals surface area contributed by atoms with Gasteiger partial charge in [0.1, 0.15) is 5.75 Å². The average molecular weight is 314 g/mol. The first-order valence-electron chi connectivity index (χ1n) is 7.94. The Labute approximate surface area is 140 Å². The molecule has 118 valence electrons. The normalized spacial score (nSPS) is 11.6. The van der Waals surface area contributed by atoms with Gasteiger partial charge in [-0.2, -0.15) is 0 Å². The van der Waals surface area contributed by atoms with Crippen molar-refractivity contribution in [2.45, 2.75) is 0 Å². The zero-order valence-electron chi connectivity index (χ0n) is 13.7. The lowest BCUT2D eigenvalue weighted by Crippen LogP contribution is -1.88. The van der Waals surface area contributed by atoms with Crippen molar-refractivity contribution in [1.82, 2.24) is 0 Å². The summed E-state index contributed by atoms with van der Waals surface area (Å²) < 4.78 is 10.7. The van der Waals surface area contributed by atoms with Crippen LogP contribution in [0, 0.1) is 0 Å². The quantitative estimate of drug-likeness (QED) is 0.353. The molecule has 0 saturated heterocycles. The summed E-state index contributed by atoms with van der Waals surface area (Å²) in [6, 6.07) is 21.2. The molecule has 4 rings (SSSR count). The van der Waals surface area contributed by atoms with Gasteiger partial charge in [0.05, 0.1) is 20.5 Å². The number of ether oxygens (including phenoxy) is 2. The third kappa shape index (κ3) is 2.19. The molecule has 0 aliphatic rings. The first-order chi connectivity index (χ1) is 11.8. The first-order valence-corrected chi connectivity index (χ1v) is 7.94. The Hall–Kier alpha value is -3.00. The molecule has 0 bridgehead atoms. The third-order valence-corrected chi connectivity index (χ3v) is 4.48. The van der Waals surface area contributed by atoms with Gasteiger partial charge in [-0.05, 0) is 56.8 Å². The van der Waals surface area contributed by atoms with Gasteiger partial charge in [0.15, 0.2) is 0 Å². The molecule has 0 aliphatic heterocycles. The molecule has 0 heterocycles. The van der Waals surface area contributed by atoms with Crippen LogP contribution in [0.1, 0.15) is 5.56 Å². The van der Waals surface area contributed by atoms with Crippen molar-refractivity contribution in [1.29, 1.82) is 0 Å². The fraction of sp³-hybridized carbons (Fsp3) is 0.0909. The van der Waals surface area contributed by atoms with E-state index in [-0.39, 0.29) is 0 Å². The Morgan fingerprint density at radius 2 is 1.50 bits per heavy atom. The van der Waals surface area contributed by atoms with Crippen LogP contribution in [0.5, 0.6) is 5.75 Å². The number of fused-ring (bicyclic) bond motifs is 5. The highest BCUT2D eigenvalue weighted by atomic mass is 16.5. The minimum Gasteiger partial charge on any atom is -0.504 e. The van der Waals surface area contributed by atoms with Gasteiger partial charge in [-0.15, -0.1) is 0 Å². The van der Waals surface area contributed by atoms with Crippen LogP contribution in [0.2, 0.25) is 0 Å². The summed E-state index contributed by atoms with van der Waals surface area (Å²) in [6.07, 6.45) is 3.75. The maximum atomic E-state index is 5.54. The van der Waals surface area contributed by atoms with E-state index in [0.29, 0.717) is 0 Å². The molecule has 0 aliphatic carbocycles. The van der Waals surface area contributed by atoms with Crippen LogP contribution in [0.25, 0.3) is 38.4 Å². The monoisotopic (exact) mass is 314 g/mol. The maximum Gasteiger partial charge on any atom is 0.126 e. The average Bonchev–Trinajstić information content (AvgIpc) is 2.65. The molecule has 2 heteroatoms. The van der Waals surface area contributed by atoms with Gasteiger partial charge in [-0.1, -0.05) is 42.5 Å². The zero-order valence-corrected chi connectivity index (χ0v) is 13.7. The summed E-state index contributed by atoms with van der Waals surface area (Å²) in [6.45, 7) is 0. The van der Waals surface area contributed by atoms with Gasteiger partial charge >= 0.3 is 0 Å². The highest BCUT2D eigenvalue weighted by Gasteiger charge is 2.10. The van der Waals surface area contributed by atoms with E-state index < -0.39 is 0 Å². The lowest BCUT2D eigenvalue weighted by Gasteiger charge is -2.13. The van der Waals surface area contributed by atoms with Crippen LogP contribution in [0.15, 0.2) is 66.9 Å². The highest BCUT2D eigenvalue weighted by Crippen LogP contribution is 2.37. The maximum absolute atomic E-state index is 5.54. The molecule has 2 nitrogen and oxygen atoms in total. The van der Waals surface area contributed by atoms with Gasteiger partial charge < -0.3 is 9.47 Å². The highest BCUT2D eigenvalue weighted by molar-refractivity contribution is 6.21. The van der Waals surface area contributed by atoms with Gasteiger partial charge in [0.25, 0.3) is 0 Å². The molecule has 0 saturated carbocycles. The summed E-state index contributed by atoms with van der Waals surface area (Å²) in [5.74, 6) is 0.893. The van der Waals surface area contributed by atoms with Crippen LogP contribution in [0.3, 0.4) is 0 Å². The van der Waals surface area contributed by atoms with E-state index in [4.69, 9.17) is 9.47 Å². The van der Waals surface area contributed by atoms with Crippen LogP contribution in [-0.2, 0) is 4.74 Å². The van der Waals surface area contributed by atoms with E-state index in [2.05, 4.69) is 48.5 Å². The Morgan fingerprint density at radius 3 is 2.33 bits per heavy atom. The second kappa shape index (κ2) is 5.89. The molecule has 0 unspecified atom stereocenters. The van der Waals surface area contributed by atoms with E-state index >= 15 is 0 Å². The molecule has 0 spiro atoms. The number of benzene rings is 4. The van der Waals surface area contributed by atoms with Crippen LogP contribution in [0.4, 0.5) is 0 Å². The fourth-order valence-corrected chi connectivity index (χ4v) is 3.42. The molecular formula is C22H18O2. The molecule has 0 atom stereocenters. The molecule has 4 aromatic carbocycles. The third-order valence-electron chi connectivity index (χ3n) is 4.48. The zero-order chi connectivity index (χ0) is 16.5.